The van der Waals surface area contributed by atoms with Crippen molar-refractivity contribution in [2.75, 3.05) is 13.2 Å². The summed E-state index contributed by atoms with van der Waals surface area (Å²) in [5, 5.41) is 9.88. The lowest BCUT2D eigenvalue weighted by Crippen LogP contribution is -2.14. The number of aliphatic hydroxyl groups excluding tert-OH is 1. The van der Waals surface area contributed by atoms with E-state index in [0.29, 0.717) is 18.8 Å². The van der Waals surface area contributed by atoms with Gasteiger partial charge in [0.05, 0.1) is 6.10 Å². The van der Waals surface area contributed by atoms with Gasteiger partial charge in [-0.05, 0) is 37.5 Å². The van der Waals surface area contributed by atoms with E-state index in [4.69, 9.17) is 9.47 Å². The molecule has 0 spiro atoms. The van der Waals surface area contributed by atoms with Gasteiger partial charge in [0, 0.05) is 19.6 Å². The minimum absolute atomic E-state index is 0.252. The van der Waals surface area contributed by atoms with E-state index >= 15 is 0 Å². The van der Waals surface area contributed by atoms with E-state index < -0.39 is 12.4 Å². The monoisotopic (exact) mass is 266 g/mol. The summed E-state index contributed by atoms with van der Waals surface area (Å²) in [4.78, 5) is 0. The van der Waals surface area contributed by atoms with Gasteiger partial charge in [-0.3, -0.25) is 0 Å². The first kappa shape index (κ1) is 15.6. The average Bonchev–Trinajstić information content (AvgIpc) is 2.40. The number of halogens is 1. The third-order valence-corrected chi connectivity index (χ3v) is 2.41. The van der Waals surface area contributed by atoms with Crippen molar-refractivity contribution in [1.29, 1.82) is 0 Å². The third kappa shape index (κ3) is 5.84. The van der Waals surface area contributed by atoms with Crippen LogP contribution >= 0.6 is 0 Å². The van der Waals surface area contributed by atoms with Crippen molar-refractivity contribution in [2.24, 2.45) is 0 Å². The highest BCUT2D eigenvalue weighted by molar-refractivity contribution is 5.20. The summed E-state index contributed by atoms with van der Waals surface area (Å²) in [5.74, 6) is 5.31. The Morgan fingerprint density at radius 1 is 1.16 bits per heavy atom. The van der Waals surface area contributed by atoms with Crippen molar-refractivity contribution in [3.05, 3.63) is 35.6 Å². The maximum atomic E-state index is 12.7. The van der Waals surface area contributed by atoms with Crippen LogP contribution in [0.4, 0.5) is 4.39 Å². The van der Waals surface area contributed by atoms with Crippen molar-refractivity contribution in [3.63, 3.8) is 0 Å². The van der Waals surface area contributed by atoms with Gasteiger partial charge in [0.2, 0.25) is 6.29 Å². The smallest absolute Gasteiger partial charge is 0.222 e. The number of hydrogen-bond donors (Lipinski definition) is 1. The fourth-order valence-corrected chi connectivity index (χ4v) is 1.48. The Hall–Kier alpha value is -1.41. The highest BCUT2D eigenvalue weighted by Gasteiger charge is 2.06. The highest BCUT2D eigenvalue weighted by Crippen LogP contribution is 2.16. The molecule has 0 bridgehead atoms. The first-order valence-corrected chi connectivity index (χ1v) is 6.32. The summed E-state index contributed by atoms with van der Waals surface area (Å²) in [7, 11) is 0. The number of benzene rings is 1. The van der Waals surface area contributed by atoms with Gasteiger partial charge in [-0.15, -0.1) is 0 Å². The minimum atomic E-state index is -0.739. The highest BCUT2D eigenvalue weighted by atomic mass is 19.1. The van der Waals surface area contributed by atoms with E-state index in [1.54, 1.807) is 12.1 Å². The van der Waals surface area contributed by atoms with Crippen LogP contribution in [0.15, 0.2) is 24.3 Å². The molecule has 0 amide bonds. The molecule has 1 atom stereocenters. The van der Waals surface area contributed by atoms with Gasteiger partial charge in [-0.1, -0.05) is 18.1 Å². The molecular formula is C15H19FO3. The standard InChI is InChI=1S/C15H19FO3/c1-3-18-15(19-4-2)7-5-6-14(17)12-8-10-13(16)11-9-12/h8-11,14-15,17H,3-4,6H2,1-2H3. The average molecular weight is 266 g/mol. The van der Waals surface area contributed by atoms with Crippen LogP contribution < -0.4 is 0 Å². The summed E-state index contributed by atoms with van der Waals surface area (Å²) in [6.45, 7) is 4.75. The number of rotatable bonds is 6. The molecule has 0 radical (unpaired) electrons. The van der Waals surface area contributed by atoms with Crippen LogP contribution in [0.2, 0.25) is 0 Å². The lowest BCUT2D eigenvalue weighted by atomic mass is 10.1. The van der Waals surface area contributed by atoms with Crippen LogP contribution in [0, 0.1) is 17.7 Å². The van der Waals surface area contributed by atoms with E-state index in [-0.39, 0.29) is 12.2 Å². The molecule has 0 aliphatic carbocycles. The topological polar surface area (TPSA) is 38.7 Å². The molecule has 0 saturated heterocycles. The third-order valence-electron chi connectivity index (χ3n) is 2.41. The molecule has 1 unspecified atom stereocenters. The molecule has 0 aliphatic heterocycles. The van der Waals surface area contributed by atoms with Gasteiger partial charge in [-0.2, -0.15) is 0 Å². The van der Waals surface area contributed by atoms with Gasteiger partial charge in [0.15, 0.2) is 0 Å². The Kier molecular flexibility index (Phi) is 7.12. The normalized spacial score (nSPS) is 12.1. The molecule has 0 fully saturated rings. The lowest BCUT2D eigenvalue weighted by Gasteiger charge is -2.10. The summed E-state index contributed by atoms with van der Waals surface area (Å²) in [6.07, 6.45) is -1.05. The molecule has 0 aliphatic rings. The maximum absolute atomic E-state index is 12.7. The molecular weight excluding hydrogens is 247 g/mol. The van der Waals surface area contributed by atoms with E-state index in [1.807, 2.05) is 13.8 Å². The van der Waals surface area contributed by atoms with Crippen LogP contribution in [0.3, 0.4) is 0 Å². The zero-order valence-corrected chi connectivity index (χ0v) is 11.2. The minimum Gasteiger partial charge on any atom is -0.387 e. The summed E-state index contributed by atoms with van der Waals surface area (Å²) in [5.41, 5.74) is 0.639. The summed E-state index contributed by atoms with van der Waals surface area (Å²) >= 11 is 0. The molecule has 104 valence electrons. The molecule has 0 heterocycles. The Bertz CT molecular complexity index is 413. The van der Waals surface area contributed by atoms with Gasteiger partial charge in [0.1, 0.15) is 5.82 Å². The predicted octanol–water partition coefficient (Wildman–Crippen LogP) is 2.65. The quantitative estimate of drug-likeness (QED) is 0.635. The Balaban J connectivity index is 2.53. The van der Waals surface area contributed by atoms with Gasteiger partial charge in [-0.25, -0.2) is 4.39 Å². The first-order valence-electron chi connectivity index (χ1n) is 6.32. The van der Waals surface area contributed by atoms with Crippen LogP contribution in [-0.2, 0) is 9.47 Å². The van der Waals surface area contributed by atoms with E-state index in [0.717, 1.165) is 0 Å². The van der Waals surface area contributed by atoms with Crippen molar-refractivity contribution >= 4 is 0 Å². The van der Waals surface area contributed by atoms with E-state index in [2.05, 4.69) is 11.8 Å². The van der Waals surface area contributed by atoms with Crippen LogP contribution in [0.5, 0.6) is 0 Å². The molecule has 4 heteroatoms. The summed E-state index contributed by atoms with van der Waals surface area (Å²) < 4.78 is 23.3. The SMILES string of the molecule is CCOC(C#CCC(O)c1ccc(F)cc1)OCC. The molecule has 1 N–H and O–H groups in total. The maximum Gasteiger partial charge on any atom is 0.222 e. The van der Waals surface area contributed by atoms with Gasteiger partial charge < -0.3 is 14.6 Å². The fourth-order valence-electron chi connectivity index (χ4n) is 1.48. The van der Waals surface area contributed by atoms with Crippen LogP contribution in [0.25, 0.3) is 0 Å². The molecule has 0 aromatic heterocycles. The molecule has 1 rings (SSSR count). The van der Waals surface area contributed by atoms with Crippen molar-refractivity contribution in [1.82, 2.24) is 0 Å². The molecule has 19 heavy (non-hydrogen) atoms. The molecule has 0 saturated carbocycles. The van der Waals surface area contributed by atoms with Gasteiger partial charge >= 0.3 is 0 Å². The predicted molar refractivity (Wildman–Crippen MR) is 70.8 cm³/mol. The molecule has 3 nitrogen and oxygen atoms in total. The zero-order chi connectivity index (χ0) is 14.1. The Morgan fingerprint density at radius 2 is 1.74 bits per heavy atom. The van der Waals surface area contributed by atoms with Crippen molar-refractivity contribution in [2.45, 2.75) is 32.7 Å². The number of aliphatic hydroxyl groups is 1. The Labute approximate surface area is 113 Å². The second-order valence-electron chi connectivity index (χ2n) is 3.84. The van der Waals surface area contributed by atoms with Crippen molar-refractivity contribution in [3.8, 4) is 11.8 Å². The summed E-state index contributed by atoms with van der Waals surface area (Å²) in [6, 6.07) is 5.72. The van der Waals surface area contributed by atoms with Crippen LogP contribution in [0.1, 0.15) is 31.9 Å². The zero-order valence-electron chi connectivity index (χ0n) is 11.2. The molecule has 1 aromatic rings. The van der Waals surface area contributed by atoms with E-state index in [1.165, 1.54) is 12.1 Å². The fraction of sp³-hybridized carbons (Fsp3) is 0.467. The lowest BCUT2D eigenvalue weighted by molar-refractivity contribution is -0.0970. The second kappa shape index (κ2) is 8.65. The van der Waals surface area contributed by atoms with Crippen molar-refractivity contribution < 1.29 is 19.0 Å². The number of hydrogen-bond acceptors (Lipinski definition) is 3. The Morgan fingerprint density at radius 3 is 2.26 bits per heavy atom. The van der Waals surface area contributed by atoms with Gasteiger partial charge in [0.25, 0.3) is 0 Å². The number of ether oxygens (including phenoxy) is 2. The van der Waals surface area contributed by atoms with Crippen LogP contribution in [-0.4, -0.2) is 24.6 Å². The molecule has 1 aromatic carbocycles. The van der Waals surface area contributed by atoms with E-state index in [9.17, 15) is 9.50 Å². The largest absolute Gasteiger partial charge is 0.387 e. The first-order chi connectivity index (χ1) is 9.17. The second-order valence-corrected chi connectivity index (χ2v) is 3.84.